The Kier molecular flexibility index (Phi) is 2.87. The Hall–Kier alpha value is -1.53. The lowest BCUT2D eigenvalue weighted by Crippen LogP contribution is -2.18. The van der Waals surface area contributed by atoms with E-state index in [1.807, 2.05) is 13.8 Å². The maximum absolute atomic E-state index is 12.1. The Morgan fingerprint density at radius 1 is 1.61 bits per heavy atom. The van der Waals surface area contributed by atoms with Gasteiger partial charge in [0.25, 0.3) is 0 Å². The minimum absolute atomic E-state index is 0.00789. The predicted molar refractivity (Wildman–Crippen MR) is 58.8 cm³/mol. The molecule has 7 heteroatoms. The first kappa shape index (κ1) is 12.9. The Balaban J connectivity index is 1.93. The maximum atomic E-state index is 12.1. The second kappa shape index (κ2) is 4.00. The molecular formula is C11H14F3N3O. The van der Waals surface area contributed by atoms with Gasteiger partial charge in [0.05, 0.1) is 11.9 Å². The molecule has 1 aromatic heterocycles. The highest BCUT2D eigenvalue weighted by atomic mass is 19.4. The maximum Gasteiger partial charge on any atom is 0.408 e. The fourth-order valence-electron chi connectivity index (χ4n) is 1.84. The fourth-order valence-corrected chi connectivity index (χ4v) is 1.84. The van der Waals surface area contributed by atoms with Crippen molar-refractivity contribution in [2.75, 3.05) is 5.32 Å². The summed E-state index contributed by atoms with van der Waals surface area (Å²) in [5.41, 5.74) is 0.290. The van der Waals surface area contributed by atoms with E-state index >= 15 is 0 Å². The highest BCUT2D eigenvalue weighted by Crippen LogP contribution is 2.51. The molecule has 1 amide bonds. The Morgan fingerprint density at radius 2 is 2.22 bits per heavy atom. The van der Waals surface area contributed by atoms with E-state index in [2.05, 4.69) is 10.4 Å². The highest BCUT2D eigenvalue weighted by molar-refractivity contribution is 5.94. The van der Waals surface area contributed by atoms with Crippen LogP contribution in [0.4, 0.5) is 18.9 Å². The molecule has 0 radical (unpaired) electrons. The molecule has 2 rings (SSSR count). The average molecular weight is 261 g/mol. The lowest BCUT2D eigenvalue weighted by atomic mass is 10.1. The van der Waals surface area contributed by atoms with Crippen molar-refractivity contribution in [1.29, 1.82) is 0 Å². The smallest absolute Gasteiger partial charge is 0.323 e. The van der Waals surface area contributed by atoms with Gasteiger partial charge in [-0.2, -0.15) is 18.3 Å². The summed E-state index contributed by atoms with van der Waals surface area (Å²) in [5.74, 6) is -0.227. The van der Waals surface area contributed by atoms with E-state index in [0.29, 0.717) is 5.69 Å². The minimum Gasteiger partial charge on any atom is -0.323 e. The number of nitrogens with zero attached hydrogens (tertiary/aromatic N) is 2. The van der Waals surface area contributed by atoms with Crippen molar-refractivity contribution in [3.05, 3.63) is 12.4 Å². The molecule has 1 heterocycles. The number of halogens is 3. The van der Waals surface area contributed by atoms with Crippen LogP contribution in [0.5, 0.6) is 0 Å². The molecular weight excluding hydrogens is 247 g/mol. The number of rotatable bonds is 3. The van der Waals surface area contributed by atoms with Gasteiger partial charge in [-0.15, -0.1) is 0 Å². The third-order valence-electron chi connectivity index (χ3n) is 3.07. The van der Waals surface area contributed by atoms with Gasteiger partial charge < -0.3 is 5.32 Å². The van der Waals surface area contributed by atoms with Crippen molar-refractivity contribution in [3.8, 4) is 0 Å². The fraction of sp³-hybridized carbons (Fsp3) is 0.636. The van der Waals surface area contributed by atoms with Crippen LogP contribution in [0.25, 0.3) is 0 Å². The molecule has 0 aliphatic heterocycles. The van der Waals surface area contributed by atoms with E-state index in [4.69, 9.17) is 0 Å². The molecule has 0 unspecified atom stereocenters. The molecule has 1 aliphatic carbocycles. The monoisotopic (exact) mass is 261 g/mol. The molecule has 0 aromatic carbocycles. The normalized spacial score (nSPS) is 21.7. The number of hydrogen-bond acceptors (Lipinski definition) is 2. The van der Waals surface area contributed by atoms with Gasteiger partial charge in [0, 0.05) is 12.1 Å². The van der Waals surface area contributed by atoms with Crippen LogP contribution in [-0.2, 0) is 11.3 Å². The van der Waals surface area contributed by atoms with E-state index in [1.165, 1.54) is 12.4 Å². The summed E-state index contributed by atoms with van der Waals surface area (Å²) in [4.78, 5) is 11.7. The molecule has 1 saturated carbocycles. The summed E-state index contributed by atoms with van der Waals surface area (Å²) in [6.45, 7) is 2.80. The number of aromatic nitrogens is 2. The van der Waals surface area contributed by atoms with Crippen LogP contribution in [0.3, 0.4) is 0 Å². The summed E-state index contributed by atoms with van der Waals surface area (Å²) in [6.07, 6.45) is -1.11. The van der Waals surface area contributed by atoms with Crippen molar-refractivity contribution in [3.63, 3.8) is 0 Å². The van der Waals surface area contributed by atoms with Gasteiger partial charge in [0.1, 0.15) is 6.54 Å². The molecule has 1 aromatic rings. The molecule has 100 valence electrons. The van der Waals surface area contributed by atoms with Crippen molar-refractivity contribution in [2.24, 2.45) is 11.3 Å². The van der Waals surface area contributed by atoms with Crippen LogP contribution in [0.2, 0.25) is 0 Å². The lowest BCUT2D eigenvalue weighted by Gasteiger charge is -2.05. The summed E-state index contributed by atoms with van der Waals surface area (Å²) in [5, 5.41) is 6.13. The molecule has 0 spiro atoms. The molecule has 0 saturated heterocycles. The van der Waals surface area contributed by atoms with Crippen molar-refractivity contribution < 1.29 is 18.0 Å². The van der Waals surface area contributed by atoms with Gasteiger partial charge in [-0.05, 0) is 11.8 Å². The number of carbonyl (C=O) groups excluding carboxylic acids is 1. The standard InChI is InChI=1S/C11H14F3N3O/c1-10(2)3-8(10)9(18)16-7-4-15-17(5-7)6-11(12,13)14/h4-5,8H,3,6H2,1-2H3,(H,16,18)/t8-/m1/s1. The molecule has 1 fully saturated rings. The largest absolute Gasteiger partial charge is 0.408 e. The topological polar surface area (TPSA) is 46.9 Å². The number of amides is 1. The highest BCUT2D eigenvalue weighted by Gasteiger charge is 2.50. The molecule has 1 aliphatic rings. The second-order valence-electron chi connectivity index (χ2n) is 5.28. The van der Waals surface area contributed by atoms with Gasteiger partial charge >= 0.3 is 6.18 Å². The summed E-state index contributed by atoms with van der Waals surface area (Å²) in [6, 6.07) is 0. The van der Waals surface area contributed by atoms with Gasteiger partial charge in [0.15, 0.2) is 0 Å². The molecule has 18 heavy (non-hydrogen) atoms. The predicted octanol–water partition coefficient (Wildman–Crippen LogP) is 2.43. The summed E-state index contributed by atoms with van der Waals surface area (Å²) in [7, 11) is 0. The summed E-state index contributed by atoms with van der Waals surface area (Å²) >= 11 is 0. The van der Waals surface area contributed by atoms with Gasteiger partial charge in [-0.25, -0.2) is 0 Å². The van der Waals surface area contributed by atoms with Crippen LogP contribution >= 0.6 is 0 Å². The second-order valence-corrected chi connectivity index (χ2v) is 5.28. The van der Waals surface area contributed by atoms with Crippen molar-refractivity contribution in [2.45, 2.75) is 33.0 Å². The van der Waals surface area contributed by atoms with Crippen molar-refractivity contribution >= 4 is 11.6 Å². The first-order chi connectivity index (χ1) is 8.17. The third-order valence-corrected chi connectivity index (χ3v) is 3.07. The van der Waals surface area contributed by atoms with Crippen LogP contribution in [0, 0.1) is 11.3 Å². The minimum atomic E-state index is -4.31. The van der Waals surface area contributed by atoms with E-state index in [1.54, 1.807) is 0 Å². The molecule has 1 N–H and O–H groups in total. The van der Waals surface area contributed by atoms with E-state index in [0.717, 1.165) is 11.1 Å². The number of anilines is 1. The number of nitrogens with one attached hydrogen (secondary N) is 1. The van der Waals surface area contributed by atoms with E-state index in [-0.39, 0.29) is 17.2 Å². The number of carbonyl (C=O) groups is 1. The Morgan fingerprint density at radius 3 is 2.72 bits per heavy atom. The van der Waals surface area contributed by atoms with Gasteiger partial charge in [0.2, 0.25) is 5.91 Å². The third kappa shape index (κ3) is 3.02. The SMILES string of the molecule is CC1(C)C[C@@H]1C(=O)Nc1cnn(CC(F)(F)F)c1. The van der Waals surface area contributed by atoms with E-state index in [9.17, 15) is 18.0 Å². The summed E-state index contributed by atoms with van der Waals surface area (Å²) < 4.78 is 37.1. The number of alkyl halides is 3. The number of hydrogen-bond donors (Lipinski definition) is 1. The Bertz CT molecular complexity index is 464. The van der Waals surface area contributed by atoms with Crippen LogP contribution in [0.1, 0.15) is 20.3 Å². The van der Waals surface area contributed by atoms with Gasteiger partial charge in [-0.3, -0.25) is 9.48 Å². The van der Waals surface area contributed by atoms with Crippen LogP contribution < -0.4 is 5.32 Å². The zero-order valence-electron chi connectivity index (χ0n) is 10.1. The quantitative estimate of drug-likeness (QED) is 0.908. The first-order valence-corrected chi connectivity index (χ1v) is 5.57. The van der Waals surface area contributed by atoms with Crippen LogP contribution in [-0.4, -0.2) is 21.9 Å². The van der Waals surface area contributed by atoms with Gasteiger partial charge in [-0.1, -0.05) is 13.8 Å². The Labute approximate surface area is 102 Å². The van der Waals surface area contributed by atoms with Crippen LogP contribution in [0.15, 0.2) is 12.4 Å². The average Bonchev–Trinajstić information content (AvgIpc) is 2.62. The zero-order chi connectivity index (χ0) is 13.6. The van der Waals surface area contributed by atoms with Crippen molar-refractivity contribution in [1.82, 2.24) is 9.78 Å². The van der Waals surface area contributed by atoms with E-state index < -0.39 is 12.7 Å². The molecule has 4 nitrogen and oxygen atoms in total. The lowest BCUT2D eigenvalue weighted by molar-refractivity contribution is -0.142. The zero-order valence-corrected chi connectivity index (χ0v) is 10.1. The molecule has 1 atom stereocenters. The first-order valence-electron chi connectivity index (χ1n) is 5.57. The molecule has 0 bridgehead atoms.